The van der Waals surface area contributed by atoms with E-state index in [1.165, 1.54) is 0 Å². The average Bonchev–Trinajstić information content (AvgIpc) is 2.47. The largest absolute Gasteiger partial charge is 0.364 e. The molecule has 0 saturated carbocycles. The molecular weight excluding hydrogens is 312 g/mol. The Hall–Kier alpha value is -2.15. The van der Waals surface area contributed by atoms with E-state index in [1.54, 1.807) is 12.1 Å². The molecule has 1 aromatic heterocycles. The zero-order chi connectivity index (χ0) is 16.9. The molecule has 0 unspecified atom stereocenters. The summed E-state index contributed by atoms with van der Waals surface area (Å²) in [4.78, 5) is 0. The fraction of sp³-hybridized carbons (Fsp3) is 0.375. The van der Waals surface area contributed by atoms with E-state index < -0.39 is 10.0 Å². The van der Waals surface area contributed by atoms with E-state index in [2.05, 4.69) is 20.2 Å². The molecule has 0 aliphatic carbocycles. The van der Waals surface area contributed by atoms with Crippen molar-refractivity contribution in [2.75, 3.05) is 15.8 Å². The minimum absolute atomic E-state index is 0.000680. The van der Waals surface area contributed by atoms with Gasteiger partial charge in [-0.15, -0.1) is 10.2 Å². The lowest BCUT2D eigenvalue weighted by Gasteiger charge is -2.20. The van der Waals surface area contributed by atoms with Gasteiger partial charge in [0, 0.05) is 5.54 Å². The number of sulfonamides is 1. The molecule has 2 aromatic rings. The molecule has 0 spiro atoms. The highest BCUT2D eigenvalue weighted by molar-refractivity contribution is 7.92. The number of rotatable bonds is 6. The van der Waals surface area contributed by atoms with Crippen molar-refractivity contribution < 1.29 is 8.42 Å². The Morgan fingerprint density at radius 1 is 0.957 bits per heavy atom. The van der Waals surface area contributed by atoms with Crippen molar-refractivity contribution in [1.82, 2.24) is 10.2 Å². The van der Waals surface area contributed by atoms with Crippen LogP contribution in [0.5, 0.6) is 0 Å². The molecule has 0 saturated heterocycles. The van der Waals surface area contributed by atoms with Crippen LogP contribution in [0.1, 0.15) is 26.3 Å². The second kappa shape index (κ2) is 6.95. The molecule has 1 heterocycles. The Labute approximate surface area is 137 Å². The summed E-state index contributed by atoms with van der Waals surface area (Å²) in [6, 6.07) is 12.8. The normalized spacial score (nSPS) is 12.0. The van der Waals surface area contributed by atoms with Gasteiger partial charge < -0.3 is 5.32 Å². The Morgan fingerprint density at radius 2 is 1.57 bits per heavy atom. The molecule has 6 nitrogen and oxygen atoms in total. The third kappa shape index (κ3) is 6.23. The number of anilines is 2. The molecule has 0 aliphatic heterocycles. The fourth-order valence-corrected chi connectivity index (χ4v) is 2.98. The first-order valence-electron chi connectivity index (χ1n) is 7.40. The van der Waals surface area contributed by atoms with E-state index in [9.17, 15) is 8.42 Å². The summed E-state index contributed by atoms with van der Waals surface area (Å²) in [5, 5.41) is 11.0. The SMILES string of the molecule is CC(C)(C)Nc1ccc(NS(=O)(=O)CCc2ccccc2)nn1. The summed E-state index contributed by atoms with van der Waals surface area (Å²) in [5.74, 6) is 0.822. The van der Waals surface area contributed by atoms with E-state index in [0.29, 0.717) is 12.2 Å². The van der Waals surface area contributed by atoms with Crippen molar-refractivity contribution >= 4 is 21.7 Å². The molecule has 0 radical (unpaired) electrons. The third-order valence-electron chi connectivity index (χ3n) is 2.93. The topological polar surface area (TPSA) is 84.0 Å². The van der Waals surface area contributed by atoms with E-state index in [4.69, 9.17) is 0 Å². The van der Waals surface area contributed by atoms with Crippen molar-refractivity contribution in [3.8, 4) is 0 Å². The maximum absolute atomic E-state index is 12.1. The van der Waals surface area contributed by atoms with E-state index in [0.717, 1.165) is 5.56 Å². The van der Waals surface area contributed by atoms with Crippen molar-refractivity contribution in [2.45, 2.75) is 32.7 Å². The zero-order valence-electron chi connectivity index (χ0n) is 13.6. The number of nitrogens with one attached hydrogen (secondary N) is 2. The van der Waals surface area contributed by atoms with Gasteiger partial charge in [0.2, 0.25) is 10.0 Å². The summed E-state index contributed by atoms with van der Waals surface area (Å²) in [6.45, 7) is 6.03. The molecule has 0 amide bonds. The molecule has 7 heteroatoms. The first kappa shape index (κ1) is 17.2. The summed E-state index contributed by atoms with van der Waals surface area (Å²) in [5.41, 5.74) is 0.847. The minimum atomic E-state index is -3.45. The van der Waals surface area contributed by atoms with Crippen LogP contribution in [-0.4, -0.2) is 29.9 Å². The van der Waals surface area contributed by atoms with Gasteiger partial charge in [0.05, 0.1) is 5.75 Å². The first-order chi connectivity index (χ1) is 10.7. The average molecular weight is 334 g/mol. The van der Waals surface area contributed by atoms with Crippen LogP contribution in [0, 0.1) is 0 Å². The maximum Gasteiger partial charge on any atom is 0.234 e. The van der Waals surface area contributed by atoms with Crippen molar-refractivity contribution in [1.29, 1.82) is 0 Å². The second-order valence-electron chi connectivity index (χ2n) is 6.34. The van der Waals surface area contributed by atoms with Gasteiger partial charge in [-0.2, -0.15) is 0 Å². The number of benzene rings is 1. The Bertz CT molecular complexity index is 723. The van der Waals surface area contributed by atoms with Crippen LogP contribution in [0.25, 0.3) is 0 Å². The monoisotopic (exact) mass is 334 g/mol. The van der Waals surface area contributed by atoms with Crippen LogP contribution >= 0.6 is 0 Å². The molecule has 0 fully saturated rings. The standard InChI is InChI=1S/C16H22N4O2S/c1-16(2,3)17-14-9-10-15(19-18-14)20-23(21,22)12-11-13-7-5-4-6-8-13/h4-10H,11-12H2,1-3H3,(H,17,18)(H,19,20). The van der Waals surface area contributed by atoms with Crippen LogP contribution in [0.4, 0.5) is 11.6 Å². The van der Waals surface area contributed by atoms with E-state index in [-0.39, 0.29) is 17.1 Å². The van der Waals surface area contributed by atoms with Crippen molar-refractivity contribution in [2.24, 2.45) is 0 Å². The Morgan fingerprint density at radius 3 is 2.13 bits per heavy atom. The minimum Gasteiger partial charge on any atom is -0.364 e. The number of hydrogen-bond donors (Lipinski definition) is 2. The van der Waals surface area contributed by atoms with Crippen LogP contribution in [0.2, 0.25) is 0 Å². The molecular formula is C16H22N4O2S. The van der Waals surface area contributed by atoms with Crippen molar-refractivity contribution in [3.63, 3.8) is 0 Å². The summed E-state index contributed by atoms with van der Waals surface area (Å²) >= 11 is 0. The highest BCUT2D eigenvalue weighted by Crippen LogP contribution is 2.13. The fourth-order valence-electron chi connectivity index (χ4n) is 1.94. The molecule has 0 aliphatic rings. The molecule has 124 valence electrons. The van der Waals surface area contributed by atoms with Gasteiger partial charge in [-0.3, -0.25) is 4.72 Å². The number of nitrogens with zero attached hydrogens (tertiary/aromatic N) is 2. The summed E-state index contributed by atoms with van der Waals surface area (Å²) < 4.78 is 26.6. The molecule has 0 bridgehead atoms. The van der Waals surface area contributed by atoms with E-state index >= 15 is 0 Å². The maximum atomic E-state index is 12.1. The van der Waals surface area contributed by atoms with E-state index in [1.807, 2.05) is 51.1 Å². The zero-order valence-corrected chi connectivity index (χ0v) is 14.4. The van der Waals surface area contributed by atoms with Gasteiger partial charge in [-0.25, -0.2) is 8.42 Å². The van der Waals surface area contributed by atoms with Crippen LogP contribution in [0.3, 0.4) is 0 Å². The van der Waals surface area contributed by atoms with Gasteiger partial charge in [0.15, 0.2) is 5.82 Å². The number of aryl methyl sites for hydroxylation is 1. The predicted octanol–water partition coefficient (Wildman–Crippen LogP) is 2.67. The lowest BCUT2D eigenvalue weighted by atomic mass is 10.1. The molecule has 2 rings (SSSR count). The third-order valence-corrected chi connectivity index (χ3v) is 4.19. The molecule has 23 heavy (non-hydrogen) atoms. The van der Waals surface area contributed by atoms with Crippen LogP contribution in [0.15, 0.2) is 42.5 Å². The van der Waals surface area contributed by atoms with Crippen LogP contribution in [-0.2, 0) is 16.4 Å². The predicted molar refractivity (Wildman–Crippen MR) is 93.0 cm³/mol. The molecule has 2 N–H and O–H groups in total. The van der Waals surface area contributed by atoms with Crippen molar-refractivity contribution in [3.05, 3.63) is 48.0 Å². The van der Waals surface area contributed by atoms with Gasteiger partial charge >= 0.3 is 0 Å². The number of hydrogen-bond acceptors (Lipinski definition) is 5. The summed E-state index contributed by atoms with van der Waals surface area (Å²) in [7, 11) is -3.45. The molecule has 1 aromatic carbocycles. The highest BCUT2D eigenvalue weighted by Gasteiger charge is 2.13. The molecule has 0 atom stereocenters. The summed E-state index contributed by atoms with van der Waals surface area (Å²) in [6.07, 6.45) is 0.452. The highest BCUT2D eigenvalue weighted by atomic mass is 32.2. The van der Waals surface area contributed by atoms with Gasteiger partial charge in [0.25, 0.3) is 0 Å². The Balaban J connectivity index is 1.95. The van der Waals surface area contributed by atoms with Gasteiger partial charge in [-0.05, 0) is 44.9 Å². The van der Waals surface area contributed by atoms with Gasteiger partial charge in [-0.1, -0.05) is 30.3 Å². The van der Waals surface area contributed by atoms with Crippen LogP contribution < -0.4 is 10.0 Å². The van der Waals surface area contributed by atoms with Gasteiger partial charge in [0.1, 0.15) is 5.82 Å². The lowest BCUT2D eigenvalue weighted by molar-refractivity contribution is 0.600. The number of aromatic nitrogens is 2. The Kier molecular flexibility index (Phi) is 5.20. The lowest BCUT2D eigenvalue weighted by Crippen LogP contribution is -2.27. The first-order valence-corrected chi connectivity index (χ1v) is 9.05. The second-order valence-corrected chi connectivity index (χ2v) is 8.18. The smallest absolute Gasteiger partial charge is 0.234 e. The quantitative estimate of drug-likeness (QED) is 0.848.